The summed E-state index contributed by atoms with van der Waals surface area (Å²) in [4.78, 5) is 11.6. The van der Waals surface area contributed by atoms with Gasteiger partial charge in [-0.1, -0.05) is 22.0 Å². The maximum atomic E-state index is 10.3. The Morgan fingerprint density at radius 1 is 1.75 bits per heavy atom. The highest BCUT2D eigenvalue weighted by Gasteiger charge is 2.10. The van der Waals surface area contributed by atoms with Gasteiger partial charge in [-0.25, -0.2) is 0 Å². The Bertz CT molecular complexity index is 246. The van der Waals surface area contributed by atoms with Gasteiger partial charge in [0.1, 0.15) is 0 Å². The number of alkyl halides is 1. The summed E-state index contributed by atoms with van der Waals surface area (Å²) in [6.45, 7) is 0. The van der Waals surface area contributed by atoms with Crippen LogP contribution in [0.2, 0.25) is 0 Å². The molecule has 0 amide bonds. The summed E-state index contributed by atoms with van der Waals surface area (Å²) >= 11 is 4.98. The summed E-state index contributed by atoms with van der Waals surface area (Å²) < 4.78 is 0. The van der Waals surface area contributed by atoms with E-state index in [1.165, 1.54) is 4.88 Å². The van der Waals surface area contributed by atoms with Crippen LogP contribution in [0.3, 0.4) is 0 Å². The molecule has 0 saturated carbocycles. The highest BCUT2D eigenvalue weighted by molar-refractivity contribution is 9.09. The minimum Gasteiger partial charge on any atom is -0.481 e. The van der Waals surface area contributed by atoms with Gasteiger partial charge in [-0.3, -0.25) is 4.79 Å². The molecule has 1 aromatic heterocycles. The summed E-state index contributed by atoms with van der Waals surface area (Å²) in [6, 6.07) is 3.99. The molecular weight excluding hydrogens is 240 g/mol. The molecule has 12 heavy (non-hydrogen) atoms. The van der Waals surface area contributed by atoms with Gasteiger partial charge in [-0.15, -0.1) is 11.3 Å². The van der Waals surface area contributed by atoms with Gasteiger partial charge in [0.05, 0.1) is 6.42 Å². The first-order chi connectivity index (χ1) is 5.68. The molecule has 0 saturated heterocycles. The van der Waals surface area contributed by atoms with Gasteiger partial charge in [0.2, 0.25) is 0 Å². The quantitative estimate of drug-likeness (QED) is 0.832. The van der Waals surface area contributed by atoms with E-state index < -0.39 is 5.97 Å². The molecule has 1 atom stereocenters. The van der Waals surface area contributed by atoms with Gasteiger partial charge in [-0.2, -0.15) is 0 Å². The third-order valence-electron chi connectivity index (χ3n) is 1.40. The molecule has 0 aromatic carbocycles. The van der Waals surface area contributed by atoms with Crippen molar-refractivity contribution >= 4 is 33.2 Å². The average Bonchev–Trinajstić information content (AvgIpc) is 2.37. The zero-order chi connectivity index (χ0) is 8.97. The Morgan fingerprint density at radius 3 is 3.00 bits per heavy atom. The van der Waals surface area contributed by atoms with Crippen molar-refractivity contribution in [3.8, 4) is 0 Å². The number of carboxylic acids is 1. The van der Waals surface area contributed by atoms with Gasteiger partial charge in [0.15, 0.2) is 0 Å². The fourth-order valence-corrected chi connectivity index (χ4v) is 2.54. The molecule has 0 fully saturated rings. The highest BCUT2D eigenvalue weighted by Crippen LogP contribution is 2.17. The van der Waals surface area contributed by atoms with Crippen LogP contribution in [0.15, 0.2) is 17.5 Å². The molecule has 4 heteroatoms. The molecule has 1 aromatic rings. The Morgan fingerprint density at radius 2 is 2.50 bits per heavy atom. The van der Waals surface area contributed by atoms with E-state index >= 15 is 0 Å². The molecule has 2 nitrogen and oxygen atoms in total. The minimum absolute atomic E-state index is 0.0497. The molecule has 1 N–H and O–H groups in total. The predicted molar refractivity (Wildman–Crippen MR) is 53.0 cm³/mol. The lowest BCUT2D eigenvalue weighted by Crippen LogP contribution is -2.08. The predicted octanol–water partition coefficient (Wildman–Crippen LogP) is 2.53. The van der Waals surface area contributed by atoms with Crippen LogP contribution in [-0.2, 0) is 11.2 Å². The van der Waals surface area contributed by atoms with Crippen molar-refractivity contribution in [2.75, 3.05) is 0 Å². The molecule has 0 aliphatic carbocycles. The van der Waals surface area contributed by atoms with E-state index in [0.29, 0.717) is 0 Å². The molecule has 1 rings (SSSR count). The van der Waals surface area contributed by atoms with Gasteiger partial charge in [0, 0.05) is 9.70 Å². The number of rotatable bonds is 4. The summed E-state index contributed by atoms with van der Waals surface area (Å²) in [7, 11) is 0. The Balaban J connectivity index is 2.36. The van der Waals surface area contributed by atoms with Gasteiger partial charge < -0.3 is 5.11 Å². The number of halogens is 1. The molecule has 0 spiro atoms. The standard InChI is InChI=1S/C8H9BrO2S/c9-6(5-8(10)11)4-7-2-1-3-12-7/h1-3,6H,4-5H2,(H,10,11). The second-order valence-electron chi connectivity index (χ2n) is 2.48. The van der Waals surface area contributed by atoms with E-state index in [0.717, 1.165) is 6.42 Å². The second kappa shape index (κ2) is 4.62. The van der Waals surface area contributed by atoms with Crippen LogP contribution < -0.4 is 0 Å². The Kier molecular flexibility index (Phi) is 3.75. The van der Waals surface area contributed by atoms with Crippen LogP contribution in [0.4, 0.5) is 0 Å². The maximum absolute atomic E-state index is 10.3. The van der Waals surface area contributed by atoms with Crippen LogP contribution in [0, 0.1) is 0 Å². The first-order valence-electron chi connectivity index (χ1n) is 3.56. The zero-order valence-electron chi connectivity index (χ0n) is 6.37. The van der Waals surface area contributed by atoms with E-state index in [2.05, 4.69) is 15.9 Å². The monoisotopic (exact) mass is 248 g/mol. The van der Waals surface area contributed by atoms with Crippen molar-refractivity contribution in [2.24, 2.45) is 0 Å². The first kappa shape index (κ1) is 9.74. The molecule has 66 valence electrons. The lowest BCUT2D eigenvalue weighted by molar-refractivity contribution is -0.136. The van der Waals surface area contributed by atoms with Crippen molar-refractivity contribution in [2.45, 2.75) is 17.7 Å². The smallest absolute Gasteiger partial charge is 0.304 e. The van der Waals surface area contributed by atoms with Crippen molar-refractivity contribution in [3.05, 3.63) is 22.4 Å². The fourth-order valence-electron chi connectivity index (χ4n) is 0.909. The van der Waals surface area contributed by atoms with Gasteiger partial charge >= 0.3 is 5.97 Å². The summed E-state index contributed by atoms with van der Waals surface area (Å²) in [6.07, 6.45) is 0.974. The highest BCUT2D eigenvalue weighted by atomic mass is 79.9. The van der Waals surface area contributed by atoms with Crippen molar-refractivity contribution < 1.29 is 9.90 Å². The molecule has 0 radical (unpaired) electrons. The van der Waals surface area contributed by atoms with Gasteiger partial charge in [0.25, 0.3) is 0 Å². The number of thiophene rings is 1. The summed E-state index contributed by atoms with van der Waals surface area (Å²) in [5, 5.41) is 10.5. The number of hydrogen-bond acceptors (Lipinski definition) is 2. The van der Waals surface area contributed by atoms with E-state index in [4.69, 9.17) is 5.11 Å². The summed E-state index contributed by atoms with van der Waals surface area (Å²) in [5.74, 6) is -0.756. The lowest BCUT2D eigenvalue weighted by Gasteiger charge is -2.03. The largest absolute Gasteiger partial charge is 0.481 e. The van der Waals surface area contributed by atoms with Crippen LogP contribution in [0.5, 0.6) is 0 Å². The lowest BCUT2D eigenvalue weighted by atomic mass is 10.2. The second-order valence-corrected chi connectivity index (χ2v) is 4.81. The van der Waals surface area contributed by atoms with Crippen LogP contribution in [0.25, 0.3) is 0 Å². The van der Waals surface area contributed by atoms with Crippen LogP contribution in [0.1, 0.15) is 11.3 Å². The molecule has 1 unspecified atom stereocenters. The average molecular weight is 249 g/mol. The molecule has 0 aliphatic heterocycles. The van der Waals surface area contributed by atoms with E-state index in [1.807, 2.05) is 17.5 Å². The Hall–Kier alpha value is -0.350. The SMILES string of the molecule is O=C(O)CC(Br)Cc1cccs1. The maximum Gasteiger partial charge on any atom is 0.304 e. The van der Waals surface area contributed by atoms with Crippen LogP contribution in [-0.4, -0.2) is 15.9 Å². The fraction of sp³-hybridized carbons (Fsp3) is 0.375. The van der Waals surface area contributed by atoms with Crippen molar-refractivity contribution in [1.29, 1.82) is 0 Å². The molecule has 0 aliphatic rings. The molecule has 0 bridgehead atoms. The Labute approximate surface area is 83.4 Å². The van der Waals surface area contributed by atoms with Crippen molar-refractivity contribution in [3.63, 3.8) is 0 Å². The van der Waals surface area contributed by atoms with E-state index in [1.54, 1.807) is 11.3 Å². The van der Waals surface area contributed by atoms with Gasteiger partial charge in [-0.05, 0) is 17.9 Å². The molecular formula is C8H9BrO2S. The number of aliphatic carboxylic acids is 1. The minimum atomic E-state index is -0.756. The summed E-state index contributed by atoms with van der Waals surface area (Å²) in [5.41, 5.74) is 0. The van der Waals surface area contributed by atoms with E-state index in [-0.39, 0.29) is 11.2 Å². The first-order valence-corrected chi connectivity index (χ1v) is 5.36. The number of hydrogen-bond donors (Lipinski definition) is 1. The van der Waals surface area contributed by atoms with E-state index in [9.17, 15) is 4.79 Å². The third-order valence-corrected chi connectivity index (χ3v) is 2.95. The van der Waals surface area contributed by atoms with Crippen LogP contribution >= 0.6 is 27.3 Å². The molecule has 1 heterocycles. The van der Waals surface area contributed by atoms with Crippen molar-refractivity contribution in [1.82, 2.24) is 0 Å². The number of carboxylic acid groups (broad SMARTS) is 1. The number of carbonyl (C=O) groups is 1. The third kappa shape index (κ3) is 3.36. The zero-order valence-corrected chi connectivity index (χ0v) is 8.77. The normalized spacial score (nSPS) is 12.8. The topological polar surface area (TPSA) is 37.3 Å².